The molecule has 0 saturated carbocycles. The van der Waals surface area contributed by atoms with E-state index in [2.05, 4.69) is 16.9 Å². The topological polar surface area (TPSA) is 133 Å². The van der Waals surface area contributed by atoms with Gasteiger partial charge in [0.1, 0.15) is 0 Å². The van der Waals surface area contributed by atoms with Gasteiger partial charge in [0.25, 0.3) is 5.91 Å². The number of Topliss-reactive ketones (excluding diaryl/α,β-unsaturated/α-hetero) is 1. The predicted octanol–water partition coefficient (Wildman–Crippen LogP) is 2.96. The molecule has 2 aliphatic rings. The first-order valence-corrected chi connectivity index (χ1v) is 11.3. The molecule has 0 bridgehead atoms. The minimum atomic E-state index is -3.69. The number of aryl methyl sites for hydroxylation is 1. The number of H-pyrrole nitrogens is 1. The summed E-state index contributed by atoms with van der Waals surface area (Å²) in [5.41, 5.74) is 3.45. The number of ketones is 1. The van der Waals surface area contributed by atoms with Gasteiger partial charge in [0.2, 0.25) is 0 Å². The summed E-state index contributed by atoms with van der Waals surface area (Å²) >= 11 is 0. The third-order valence-corrected chi connectivity index (χ3v) is 6.87. The van der Waals surface area contributed by atoms with Gasteiger partial charge in [0.05, 0.1) is 10.5 Å². The van der Waals surface area contributed by atoms with Gasteiger partial charge in [-0.1, -0.05) is 6.58 Å². The molecule has 1 aromatic carbocycles. The zero-order valence-corrected chi connectivity index (χ0v) is 17.3. The van der Waals surface area contributed by atoms with Crippen molar-refractivity contribution in [3.8, 4) is 0 Å². The molecule has 1 aliphatic carbocycles. The van der Waals surface area contributed by atoms with Gasteiger partial charge in [-0.15, -0.1) is 0 Å². The Kier molecular flexibility index (Phi) is 5.14. The summed E-state index contributed by atoms with van der Waals surface area (Å²) < 4.78 is 24.4. The fraction of sp³-hybridized carbons (Fsp3) is 0.227. The molecule has 4 rings (SSSR count). The van der Waals surface area contributed by atoms with Gasteiger partial charge in [-0.25, -0.2) is 8.42 Å². The Hall–Kier alpha value is -3.46. The van der Waals surface area contributed by atoms with Crippen LogP contribution in [0.15, 0.2) is 35.1 Å². The molecule has 31 heavy (non-hydrogen) atoms. The van der Waals surface area contributed by atoms with Crippen LogP contribution in [0.5, 0.6) is 0 Å². The van der Waals surface area contributed by atoms with Gasteiger partial charge in [-0.05, 0) is 49.1 Å². The molecule has 0 fully saturated rings. The van der Waals surface area contributed by atoms with Crippen molar-refractivity contribution in [2.24, 2.45) is 0 Å². The van der Waals surface area contributed by atoms with Crippen LogP contribution in [-0.2, 0) is 32.3 Å². The van der Waals surface area contributed by atoms with Crippen molar-refractivity contribution in [2.75, 3.05) is 5.32 Å². The number of carbonyl (C=O) groups is 3. The number of hydrogen-bond donors (Lipinski definition) is 3. The molecule has 1 aromatic heterocycles. The zero-order chi connectivity index (χ0) is 22.3. The number of aliphatic carboxylic acids is 1. The van der Waals surface area contributed by atoms with Crippen LogP contribution in [0.1, 0.15) is 52.1 Å². The van der Waals surface area contributed by atoms with Gasteiger partial charge in [0, 0.05) is 46.5 Å². The Bertz CT molecular complexity index is 1280. The Morgan fingerprint density at radius 3 is 2.71 bits per heavy atom. The Morgan fingerprint density at radius 2 is 2.00 bits per heavy atom. The van der Waals surface area contributed by atoms with E-state index in [1.54, 1.807) is 6.08 Å². The standard InChI is InChI=1S/C22H20N2O6S/c1-2-31(29,30)12-6-8-16-14(10-12)15(22(28)24-16)11-18-13(7-9-20(26)27)21-17(23-18)4-3-5-19(21)25/h2,6,8,10-11,23H,1,3-5,7,9H2,(H,24,28)(H,26,27)/b15-11-. The average molecular weight is 440 g/mol. The number of hydrogen-bond acceptors (Lipinski definition) is 5. The number of rotatable bonds is 6. The molecule has 2 heterocycles. The third kappa shape index (κ3) is 3.72. The van der Waals surface area contributed by atoms with E-state index < -0.39 is 21.7 Å². The number of amides is 1. The van der Waals surface area contributed by atoms with Crippen LogP contribution < -0.4 is 5.32 Å². The lowest BCUT2D eigenvalue weighted by atomic mass is 9.91. The third-order valence-electron chi connectivity index (χ3n) is 5.52. The summed E-state index contributed by atoms with van der Waals surface area (Å²) in [5, 5.41) is 12.7. The molecular formula is C22H20N2O6S. The Balaban J connectivity index is 1.85. The number of anilines is 1. The Labute approximate surface area is 178 Å². The lowest BCUT2D eigenvalue weighted by Gasteiger charge is -2.11. The maximum Gasteiger partial charge on any atom is 0.303 e. The van der Waals surface area contributed by atoms with Crippen molar-refractivity contribution in [1.82, 2.24) is 4.98 Å². The van der Waals surface area contributed by atoms with Crippen LogP contribution in [0.25, 0.3) is 11.6 Å². The van der Waals surface area contributed by atoms with Gasteiger partial charge in [0.15, 0.2) is 15.6 Å². The highest BCUT2D eigenvalue weighted by Crippen LogP contribution is 2.37. The quantitative estimate of drug-likeness (QED) is 0.592. The highest BCUT2D eigenvalue weighted by Gasteiger charge is 2.29. The molecule has 0 spiro atoms. The molecule has 8 nitrogen and oxygen atoms in total. The summed E-state index contributed by atoms with van der Waals surface area (Å²) in [5.74, 6) is -1.44. The fourth-order valence-corrected chi connectivity index (χ4v) is 4.77. The van der Waals surface area contributed by atoms with E-state index in [0.29, 0.717) is 47.3 Å². The lowest BCUT2D eigenvalue weighted by Crippen LogP contribution is -2.11. The smallest absolute Gasteiger partial charge is 0.303 e. The van der Waals surface area contributed by atoms with Crippen LogP contribution >= 0.6 is 0 Å². The first-order chi connectivity index (χ1) is 14.7. The number of fused-ring (bicyclic) bond motifs is 2. The van der Waals surface area contributed by atoms with Crippen molar-refractivity contribution in [3.05, 3.63) is 58.3 Å². The number of carboxylic acids is 1. The summed E-state index contributed by atoms with van der Waals surface area (Å²) in [4.78, 5) is 39.5. The molecule has 0 unspecified atom stereocenters. The molecule has 0 radical (unpaired) electrons. The van der Waals surface area contributed by atoms with E-state index in [4.69, 9.17) is 5.11 Å². The molecule has 0 saturated heterocycles. The molecule has 2 aromatic rings. The van der Waals surface area contributed by atoms with E-state index in [0.717, 1.165) is 11.1 Å². The van der Waals surface area contributed by atoms with E-state index in [1.807, 2.05) is 0 Å². The first-order valence-electron chi connectivity index (χ1n) is 9.75. The summed E-state index contributed by atoms with van der Waals surface area (Å²) in [6.07, 6.45) is 3.31. The maximum absolute atomic E-state index is 12.6. The van der Waals surface area contributed by atoms with E-state index in [1.165, 1.54) is 18.2 Å². The van der Waals surface area contributed by atoms with Gasteiger partial charge >= 0.3 is 5.97 Å². The van der Waals surface area contributed by atoms with Crippen molar-refractivity contribution >= 4 is 44.8 Å². The SMILES string of the molecule is C=CS(=O)(=O)c1ccc2c(c1)/C(=C/c1[nH]c3c(c1CCC(=O)O)C(=O)CCC3)C(=O)N2. The van der Waals surface area contributed by atoms with Crippen LogP contribution in [0.4, 0.5) is 5.69 Å². The average Bonchev–Trinajstić information content (AvgIpc) is 3.24. The fourth-order valence-electron chi connectivity index (χ4n) is 4.03. The molecule has 9 heteroatoms. The molecule has 3 N–H and O–H groups in total. The monoisotopic (exact) mass is 440 g/mol. The van der Waals surface area contributed by atoms with Gasteiger partial charge in [-0.2, -0.15) is 0 Å². The Morgan fingerprint density at radius 1 is 1.23 bits per heavy atom. The van der Waals surface area contributed by atoms with Gasteiger partial charge in [-0.3, -0.25) is 14.4 Å². The van der Waals surface area contributed by atoms with E-state index >= 15 is 0 Å². The number of sulfone groups is 1. The summed E-state index contributed by atoms with van der Waals surface area (Å²) in [6.45, 7) is 3.32. The van der Waals surface area contributed by atoms with Crippen molar-refractivity contribution in [3.63, 3.8) is 0 Å². The normalized spacial score (nSPS) is 16.7. The molecule has 0 atom stereocenters. The lowest BCUT2D eigenvalue weighted by molar-refractivity contribution is -0.137. The summed E-state index contributed by atoms with van der Waals surface area (Å²) in [6, 6.07) is 4.31. The number of nitrogens with one attached hydrogen (secondary N) is 2. The minimum Gasteiger partial charge on any atom is -0.481 e. The van der Waals surface area contributed by atoms with E-state index in [9.17, 15) is 22.8 Å². The highest BCUT2D eigenvalue weighted by atomic mass is 32.2. The van der Waals surface area contributed by atoms with Gasteiger partial charge < -0.3 is 15.4 Å². The molecular weight excluding hydrogens is 420 g/mol. The van der Waals surface area contributed by atoms with Crippen LogP contribution in [0, 0.1) is 0 Å². The molecule has 1 aliphatic heterocycles. The summed E-state index contributed by atoms with van der Waals surface area (Å²) in [7, 11) is -3.69. The first kappa shape index (κ1) is 20.8. The number of carboxylic acid groups (broad SMARTS) is 1. The second kappa shape index (κ2) is 7.66. The number of aromatic nitrogens is 1. The molecule has 1 amide bonds. The number of benzene rings is 1. The van der Waals surface area contributed by atoms with Crippen molar-refractivity contribution in [2.45, 2.75) is 37.0 Å². The second-order valence-electron chi connectivity index (χ2n) is 7.47. The van der Waals surface area contributed by atoms with Crippen molar-refractivity contribution in [1.29, 1.82) is 0 Å². The van der Waals surface area contributed by atoms with Crippen LogP contribution in [0.3, 0.4) is 0 Å². The van der Waals surface area contributed by atoms with Crippen LogP contribution in [-0.4, -0.2) is 36.2 Å². The minimum absolute atomic E-state index is 0.00992. The molecule has 160 valence electrons. The van der Waals surface area contributed by atoms with E-state index in [-0.39, 0.29) is 29.1 Å². The largest absolute Gasteiger partial charge is 0.481 e. The van der Waals surface area contributed by atoms with Crippen molar-refractivity contribution < 1.29 is 27.9 Å². The second-order valence-corrected chi connectivity index (χ2v) is 9.37. The predicted molar refractivity (Wildman–Crippen MR) is 114 cm³/mol. The number of carbonyl (C=O) groups excluding carboxylic acids is 2. The number of aromatic amines is 1. The van der Waals surface area contributed by atoms with Crippen LogP contribution in [0.2, 0.25) is 0 Å². The zero-order valence-electron chi connectivity index (χ0n) is 16.5. The highest BCUT2D eigenvalue weighted by molar-refractivity contribution is 7.94. The maximum atomic E-state index is 12.6.